The lowest BCUT2D eigenvalue weighted by atomic mass is 10.2. The van der Waals surface area contributed by atoms with Gasteiger partial charge in [0.05, 0.1) is 36.5 Å². The number of aromatic nitrogens is 3. The van der Waals surface area contributed by atoms with Gasteiger partial charge in [-0.15, -0.1) is 0 Å². The highest BCUT2D eigenvalue weighted by Crippen LogP contribution is 2.26. The molecule has 0 saturated heterocycles. The molecule has 7 heteroatoms. The van der Waals surface area contributed by atoms with Crippen molar-refractivity contribution >= 4 is 28.6 Å². The Balaban J connectivity index is 1.73. The predicted molar refractivity (Wildman–Crippen MR) is 108 cm³/mol. The summed E-state index contributed by atoms with van der Waals surface area (Å²) in [5, 5.41) is 0.730. The van der Waals surface area contributed by atoms with Gasteiger partial charge in [-0.05, 0) is 39.0 Å². The van der Waals surface area contributed by atoms with E-state index in [9.17, 15) is 4.79 Å². The third-order valence-corrected chi connectivity index (χ3v) is 5.51. The van der Waals surface area contributed by atoms with Crippen molar-refractivity contribution in [2.45, 2.75) is 32.0 Å². The van der Waals surface area contributed by atoms with Crippen LogP contribution < -0.4 is 4.74 Å². The highest BCUT2D eigenvalue weighted by molar-refractivity contribution is 7.99. The Kier molecular flexibility index (Phi) is 5.92. The van der Waals surface area contributed by atoms with Gasteiger partial charge in [0.15, 0.2) is 10.9 Å². The molecule has 1 N–H and O–H groups in total. The van der Waals surface area contributed by atoms with Gasteiger partial charge in [-0.3, -0.25) is 4.79 Å². The maximum atomic E-state index is 12.8. The highest BCUT2D eigenvalue weighted by atomic mass is 32.2. The van der Waals surface area contributed by atoms with Crippen molar-refractivity contribution in [1.82, 2.24) is 14.5 Å². The predicted octanol–water partition coefficient (Wildman–Crippen LogP) is 4.17. The Morgan fingerprint density at radius 3 is 2.78 bits per heavy atom. The van der Waals surface area contributed by atoms with Crippen LogP contribution in [0.1, 0.15) is 34.7 Å². The number of nitrogens with one attached hydrogen (secondary N) is 1. The molecule has 0 aliphatic rings. The summed E-state index contributed by atoms with van der Waals surface area (Å²) < 4.78 is 12.6. The lowest BCUT2D eigenvalue weighted by Crippen LogP contribution is -2.14. The van der Waals surface area contributed by atoms with Crippen LogP contribution in [0.5, 0.6) is 5.75 Å². The van der Waals surface area contributed by atoms with E-state index >= 15 is 0 Å². The third kappa shape index (κ3) is 4.04. The van der Waals surface area contributed by atoms with E-state index in [0.717, 1.165) is 38.9 Å². The van der Waals surface area contributed by atoms with Gasteiger partial charge in [0, 0.05) is 30.1 Å². The van der Waals surface area contributed by atoms with Crippen LogP contribution >= 0.6 is 11.8 Å². The molecule has 0 fully saturated rings. The van der Waals surface area contributed by atoms with Gasteiger partial charge in [0.2, 0.25) is 0 Å². The molecule has 1 atom stereocenters. The maximum Gasteiger partial charge on any atom is 0.175 e. The molecule has 6 nitrogen and oxygen atoms in total. The van der Waals surface area contributed by atoms with Crippen LogP contribution in [0, 0.1) is 13.8 Å². The number of carbonyl (C=O) groups excluding carboxylic acids is 1. The van der Waals surface area contributed by atoms with Crippen molar-refractivity contribution in [3.05, 3.63) is 41.2 Å². The number of methoxy groups -OCH3 is 2. The van der Waals surface area contributed by atoms with Gasteiger partial charge in [-0.25, -0.2) is 4.98 Å². The maximum absolute atomic E-state index is 12.8. The molecule has 0 spiro atoms. The summed E-state index contributed by atoms with van der Waals surface area (Å²) in [4.78, 5) is 20.5. The second kappa shape index (κ2) is 8.19. The van der Waals surface area contributed by atoms with Crippen molar-refractivity contribution in [2.24, 2.45) is 0 Å². The van der Waals surface area contributed by atoms with Crippen LogP contribution in [0.3, 0.4) is 0 Å². The number of hydrogen-bond acceptors (Lipinski definition) is 5. The van der Waals surface area contributed by atoms with Crippen LogP contribution in [-0.4, -0.2) is 46.9 Å². The van der Waals surface area contributed by atoms with Crippen molar-refractivity contribution in [1.29, 1.82) is 0 Å². The number of aromatic amines is 1. The molecule has 27 heavy (non-hydrogen) atoms. The van der Waals surface area contributed by atoms with Gasteiger partial charge in [-0.2, -0.15) is 0 Å². The summed E-state index contributed by atoms with van der Waals surface area (Å²) in [6.45, 7) is 6.72. The Morgan fingerprint density at radius 1 is 1.30 bits per heavy atom. The molecule has 144 valence electrons. The molecule has 0 saturated carbocycles. The first kappa shape index (κ1) is 19.5. The van der Waals surface area contributed by atoms with Crippen molar-refractivity contribution in [3.8, 4) is 5.75 Å². The number of imidazole rings is 1. The fourth-order valence-electron chi connectivity index (χ4n) is 3.43. The molecule has 0 bridgehead atoms. The molecular formula is C20H25N3O3S. The Morgan fingerprint density at radius 2 is 2.07 bits per heavy atom. The second-order valence-corrected chi connectivity index (χ2v) is 7.56. The largest absolute Gasteiger partial charge is 0.497 e. The Labute approximate surface area is 163 Å². The van der Waals surface area contributed by atoms with Gasteiger partial charge >= 0.3 is 0 Å². The lowest BCUT2D eigenvalue weighted by Gasteiger charge is -2.17. The lowest BCUT2D eigenvalue weighted by molar-refractivity contribution is 0.102. The minimum absolute atomic E-state index is 0.0991. The number of hydrogen-bond donors (Lipinski definition) is 1. The first-order chi connectivity index (χ1) is 12.9. The minimum Gasteiger partial charge on any atom is -0.497 e. The number of benzene rings is 1. The third-order valence-electron chi connectivity index (χ3n) is 4.64. The topological polar surface area (TPSA) is 69.1 Å². The fraction of sp³-hybridized carbons (Fsp3) is 0.400. The molecule has 2 heterocycles. The van der Waals surface area contributed by atoms with Crippen LogP contribution in [0.15, 0.2) is 29.4 Å². The zero-order chi connectivity index (χ0) is 19.6. The van der Waals surface area contributed by atoms with E-state index < -0.39 is 0 Å². The number of ether oxygens (including phenoxy) is 2. The molecule has 3 aromatic rings. The number of rotatable bonds is 8. The number of carbonyl (C=O) groups is 1. The van der Waals surface area contributed by atoms with E-state index in [1.807, 2.05) is 38.1 Å². The van der Waals surface area contributed by atoms with Crippen LogP contribution in [0.2, 0.25) is 0 Å². The van der Waals surface area contributed by atoms with E-state index in [0.29, 0.717) is 12.4 Å². The monoisotopic (exact) mass is 387 g/mol. The number of nitrogens with zero attached hydrogens (tertiary/aromatic N) is 2. The minimum atomic E-state index is 0.0991. The average Bonchev–Trinajstić information content (AvgIpc) is 3.19. The molecular weight excluding hydrogens is 362 g/mol. The summed E-state index contributed by atoms with van der Waals surface area (Å²) in [5.41, 5.74) is 4.58. The van der Waals surface area contributed by atoms with Crippen LogP contribution in [-0.2, 0) is 4.74 Å². The van der Waals surface area contributed by atoms with E-state index in [1.54, 1.807) is 14.2 Å². The molecule has 0 aliphatic carbocycles. The smallest absolute Gasteiger partial charge is 0.175 e. The molecule has 0 amide bonds. The first-order valence-corrected chi connectivity index (χ1v) is 9.80. The van der Waals surface area contributed by atoms with E-state index in [-0.39, 0.29) is 11.8 Å². The highest BCUT2D eigenvalue weighted by Gasteiger charge is 2.19. The van der Waals surface area contributed by atoms with Crippen LogP contribution in [0.4, 0.5) is 0 Å². The standard InChI is InChI=1S/C20H25N3O3S/c1-12-8-16(14(3)23(12)13(2)10-25-4)19(24)11-27-20-21-17-7-6-15(26-5)9-18(17)22-20/h6-9,13H,10-11H2,1-5H3,(H,21,22)/t13-/m0/s1. The van der Waals surface area contributed by atoms with Crippen molar-refractivity contribution < 1.29 is 14.3 Å². The molecule has 2 aromatic heterocycles. The molecule has 1 aromatic carbocycles. The summed E-state index contributed by atoms with van der Waals surface area (Å²) in [6.07, 6.45) is 0. The summed E-state index contributed by atoms with van der Waals surface area (Å²) >= 11 is 1.41. The van der Waals surface area contributed by atoms with Crippen LogP contribution in [0.25, 0.3) is 11.0 Å². The number of aryl methyl sites for hydroxylation is 1. The number of ketones is 1. The first-order valence-electron chi connectivity index (χ1n) is 8.81. The number of H-pyrrole nitrogens is 1. The van der Waals surface area contributed by atoms with E-state index in [4.69, 9.17) is 9.47 Å². The van der Waals surface area contributed by atoms with Gasteiger partial charge in [0.25, 0.3) is 0 Å². The molecule has 0 aliphatic heterocycles. The molecule has 3 rings (SSSR count). The summed E-state index contributed by atoms with van der Waals surface area (Å²) in [7, 11) is 3.33. The SMILES string of the molecule is COC[C@H](C)n1c(C)cc(C(=O)CSc2nc3ccc(OC)cc3[nH]2)c1C. The normalized spacial score (nSPS) is 12.5. The summed E-state index contributed by atoms with van der Waals surface area (Å²) in [5.74, 6) is 1.21. The number of Topliss-reactive ketones (excluding diaryl/α,β-unsaturated/α-hetero) is 1. The number of thioether (sulfide) groups is 1. The van der Waals surface area contributed by atoms with E-state index in [1.165, 1.54) is 11.8 Å². The molecule has 0 unspecified atom stereocenters. The van der Waals surface area contributed by atoms with Crippen molar-refractivity contribution in [3.63, 3.8) is 0 Å². The summed E-state index contributed by atoms with van der Waals surface area (Å²) in [6, 6.07) is 7.84. The van der Waals surface area contributed by atoms with Gasteiger partial charge < -0.3 is 19.0 Å². The quantitative estimate of drug-likeness (QED) is 0.464. The zero-order valence-corrected chi connectivity index (χ0v) is 17.1. The Hall–Kier alpha value is -2.25. The zero-order valence-electron chi connectivity index (χ0n) is 16.3. The van der Waals surface area contributed by atoms with Gasteiger partial charge in [0.1, 0.15) is 5.75 Å². The number of fused-ring (bicyclic) bond motifs is 1. The van der Waals surface area contributed by atoms with Crippen molar-refractivity contribution in [2.75, 3.05) is 26.6 Å². The second-order valence-electron chi connectivity index (χ2n) is 6.60. The fourth-order valence-corrected chi connectivity index (χ4v) is 4.19. The van der Waals surface area contributed by atoms with Gasteiger partial charge in [-0.1, -0.05) is 11.8 Å². The average molecular weight is 388 g/mol. The Bertz CT molecular complexity index is 961. The van der Waals surface area contributed by atoms with E-state index in [2.05, 4.69) is 21.5 Å². The molecule has 0 radical (unpaired) electrons.